The fraction of sp³-hybridized carbons (Fsp3) is 0.188. The van der Waals surface area contributed by atoms with E-state index in [0.29, 0.717) is 22.0 Å². The molecular weight excluding hydrogens is 364 g/mol. The number of sulfonamides is 1. The Morgan fingerprint density at radius 2 is 2.00 bits per heavy atom. The molecule has 7 nitrogen and oxygen atoms in total. The van der Waals surface area contributed by atoms with Gasteiger partial charge in [-0.25, -0.2) is 0 Å². The molecule has 132 valence electrons. The highest BCUT2D eigenvalue weighted by Gasteiger charge is 2.20. The van der Waals surface area contributed by atoms with Crippen LogP contribution in [0.15, 0.2) is 45.8 Å². The Balaban J connectivity index is 2.63. The summed E-state index contributed by atoms with van der Waals surface area (Å²) in [6.45, 7) is 1.34. The smallest absolute Gasteiger partial charge is 0.284 e. The number of anilines is 1. The van der Waals surface area contributed by atoms with E-state index < -0.39 is 10.0 Å². The van der Waals surface area contributed by atoms with Crippen LogP contribution >= 0.6 is 11.6 Å². The van der Waals surface area contributed by atoms with Crippen molar-refractivity contribution in [2.45, 2.75) is 11.8 Å². The summed E-state index contributed by atoms with van der Waals surface area (Å²) < 4.78 is 28.9. The van der Waals surface area contributed by atoms with Crippen molar-refractivity contribution in [3.8, 4) is 11.3 Å². The predicted octanol–water partition coefficient (Wildman–Crippen LogP) is 2.64. The van der Waals surface area contributed by atoms with E-state index in [1.165, 1.54) is 30.4 Å². The number of hydrogen-bond acceptors (Lipinski definition) is 4. The van der Waals surface area contributed by atoms with Gasteiger partial charge in [-0.2, -0.15) is 8.42 Å². The van der Waals surface area contributed by atoms with E-state index in [4.69, 9.17) is 11.6 Å². The second-order valence-electron chi connectivity index (χ2n) is 5.41. The van der Waals surface area contributed by atoms with Gasteiger partial charge in [0.15, 0.2) is 0 Å². The van der Waals surface area contributed by atoms with Crippen LogP contribution in [0.1, 0.15) is 6.92 Å². The zero-order chi connectivity index (χ0) is 18.6. The third-order valence-electron chi connectivity index (χ3n) is 3.00. The Morgan fingerprint density at radius 1 is 1.28 bits per heavy atom. The van der Waals surface area contributed by atoms with Crippen LogP contribution in [-0.4, -0.2) is 44.6 Å². The van der Waals surface area contributed by atoms with E-state index in [1.807, 2.05) is 0 Å². The minimum atomic E-state index is -4.00. The van der Waals surface area contributed by atoms with Gasteiger partial charge in [0.2, 0.25) is 5.91 Å². The Labute approximate surface area is 151 Å². The maximum atomic E-state index is 12.6. The standard InChI is InChI=1S/C16H17ClN4O3S/c1-11(22)20-13-5-6-14(15-7-4-12(17)9-18-15)16(8-13)25(23,24)19-10-21(2)3/h4-10H,1-3H3,(H,20,22). The predicted molar refractivity (Wildman–Crippen MR) is 98.4 cm³/mol. The molecule has 0 aliphatic heterocycles. The van der Waals surface area contributed by atoms with E-state index in [-0.39, 0.29) is 10.8 Å². The molecule has 0 bridgehead atoms. The van der Waals surface area contributed by atoms with Gasteiger partial charge in [-0.1, -0.05) is 11.6 Å². The van der Waals surface area contributed by atoms with Crippen molar-refractivity contribution < 1.29 is 13.2 Å². The Bertz CT molecular complexity index is 909. The lowest BCUT2D eigenvalue weighted by Crippen LogP contribution is -2.11. The minimum absolute atomic E-state index is 0.0633. The van der Waals surface area contributed by atoms with Crippen molar-refractivity contribution in [3.05, 3.63) is 41.6 Å². The van der Waals surface area contributed by atoms with Gasteiger partial charge in [0, 0.05) is 38.5 Å². The van der Waals surface area contributed by atoms with Crippen LogP contribution in [0.2, 0.25) is 5.02 Å². The molecule has 0 saturated carbocycles. The van der Waals surface area contributed by atoms with Gasteiger partial charge in [-0.15, -0.1) is 4.40 Å². The van der Waals surface area contributed by atoms with E-state index in [9.17, 15) is 13.2 Å². The topological polar surface area (TPSA) is 91.7 Å². The van der Waals surface area contributed by atoms with Crippen molar-refractivity contribution in [3.63, 3.8) is 0 Å². The number of nitrogens with one attached hydrogen (secondary N) is 1. The third-order valence-corrected chi connectivity index (χ3v) is 4.49. The van der Waals surface area contributed by atoms with Crippen molar-refractivity contribution >= 4 is 39.6 Å². The van der Waals surface area contributed by atoms with E-state index in [2.05, 4.69) is 14.7 Å². The lowest BCUT2D eigenvalue weighted by atomic mass is 10.1. The number of rotatable bonds is 5. The molecular formula is C16H17ClN4O3S. The fourth-order valence-electron chi connectivity index (χ4n) is 1.98. The van der Waals surface area contributed by atoms with Crippen molar-refractivity contribution in [1.29, 1.82) is 0 Å². The zero-order valence-electron chi connectivity index (χ0n) is 13.9. The summed E-state index contributed by atoms with van der Waals surface area (Å²) in [6, 6.07) is 7.76. The number of benzene rings is 1. The van der Waals surface area contributed by atoms with Crippen LogP contribution in [0, 0.1) is 0 Å². The third kappa shape index (κ3) is 5.01. The monoisotopic (exact) mass is 380 g/mol. The molecule has 1 amide bonds. The molecule has 1 heterocycles. The first kappa shape index (κ1) is 18.9. The molecule has 0 atom stereocenters. The highest BCUT2D eigenvalue weighted by molar-refractivity contribution is 7.90. The van der Waals surface area contributed by atoms with Gasteiger partial charge in [0.25, 0.3) is 10.0 Å². The summed E-state index contributed by atoms with van der Waals surface area (Å²) in [4.78, 5) is 16.9. The molecule has 1 N–H and O–H groups in total. The first-order valence-corrected chi connectivity index (χ1v) is 9.01. The number of pyridine rings is 1. The van der Waals surface area contributed by atoms with Crippen LogP contribution < -0.4 is 5.32 Å². The maximum absolute atomic E-state index is 12.6. The van der Waals surface area contributed by atoms with Crippen LogP contribution in [0.25, 0.3) is 11.3 Å². The number of carbonyl (C=O) groups excluding carboxylic acids is 1. The van der Waals surface area contributed by atoms with Crippen molar-refractivity contribution in [2.24, 2.45) is 4.40 Å². The second kappa shape index (κ2) is 7.62. The number of halogens is 1. The van der Waals surface area contributed by atoms with Crippen molar-refractivity contribution in [2.75, 3.05) is 19.4 Å². The fourth-order valence-corrected chi connectivity index (χ4v) is 3.24. The molecule has 1 aromatic carbocycles. The molecule has 9 heteroatoms. The minimum Gasteiger partial charge on any atom is -0.368 e. The number of amides is 1. The molecule has 25 heavy (non-hydrogen) atoms. The number of aromatic nitrogens is 1. The SMILES string of the molecule is CC(=O)Nc1ccc(-c2ccc(Cl)cn2)c(S(=O)(=O)N=CN(C)C)c1. The first-order chi connectivity index (χ1) is 11.7. The maximum Gasteiger partial charge on any atom is 0.284 e. The summed E-state index contributed by atoms with van der Waals surface area (Å²) in [5.41, 5.74) is 1.14. The molecule has 1 aromatic heterocycles. The lowest BCUT2D eigenvalue weighted by molar-refractivity contribution is -0.114. The van der Waals surface area contributed by atoms with Gasteiger partial charge in [0.1, 0.15) is 11.2 Å². The number of hydrogen-bond donors (Lipinski definition) is 1. The van der Waals surface area contributed by atoms with E-state index >= 15 is 0 Å². The highest BCUT2D eigenvalue weighted by Crippen LogP contribution is 2.30. The lowest BCUT2D eigenvalue weighted by Gasteiger charge is -2.11. The largest absolute Gasteiger partial charge is 0.368 e. The average molecular weight is 381 g/mol. The van der Waals surface area contributed by atoms with Crippen LogP contribution in [-0.2, 0) is 14.8 Å². The summed E-state index contributed by atoms with van der Waals surface area (Å²) >= 11 is 5.84. The molecule has 0 aliphatic carbocycles. The van der Waals surface area contributed by atoms with Gasteiger partial charge in [-0.05, 0) is 30.3 Å². The second-order valence-corrected chi connectivity index (χ2v) is 7.45. The molecule has 0 radical (unpaired) electrons. The van der Waals surface area contributed by atoms with E-state index in [1.54, 1.807) is 38.4 Å². The van der Waals surface area contributed by atoms with Crippen molar-refractivity contribution in [1.82, 2.24) is 9.88 Å². The molecule has 0 aliphatic rings. The van der Waals surface area contributed by atoms with Crippen LogP contribution in [0.4, 0.5) is 5.69 Å². The normalized spacial score (nSPS) is 11.5. The summed E-state index contributed by atoms with van der Waals surface area (Å²) in [6.07, 6.45) is 2.62. The molecule has 0 saturated heterocycles. The quantitative estimate of drug-likeness (QED) is 0.636. The summed E-state index contributed by atoms with van der Waals surface area (Å²) in [7, 11) is -0.677. The average Bonchev–Trinajstić information content (AvgIpc) is 2.53. The first-order valence-electron chi connectivity index (χ1n) is 7.19. The molecule has 0 unspecified atom stereocenters. The van der Waals surface area contributed by atoms with Gasteiger partial charge >= 0.3 is 0 Å². The summed E-state index contributed by atoms with van der Waals surface area (Å²) in [5.74, 6) is -0.308. The van der Waals surface area contributed by atoms with Crippen LogP contribution in [0.5, 0.6) is 0 Å². The van der Waals surface area contributed by atoms with Gasteiger partial charge in [0.05, 0.1) is 10.7 Å². The Kier molecular flexibility index (Phi) is 5.76. The molecule has 0 spiro atoms. The molecule has 2 rings (SSSR count). The van der Waals surface area contributed by atoms with Crippen LogP contribution in [0.3, 0.4) is 0 Å². The molecule has 0 fully saturated rings. The van der Waals surface area contributed by atoms with E-state index in [0.717, 1.165) is 0 Å². The Morgan fingerprint density at radius 3 is 2.56 bits per heavy atom. The van der Waals surface area contributed by atoms with Gasteiger partial charge in [-0.3, -0.25) is 9.78 Å². The highest BCUT2D eigenvalue weighted by atomic mass is 35.5. The molecule has 2 aromatic rings. The number of nitrogens with zero attached hydrogens (tertiary/aromatic N) is 3. The zero-order valence-corrected chi connectivity index (χ0v) is 15.5. The Hall–Kier alpha value is -2.45. The summed E-state index contributed by atoms with van der Waals surface area (Å²) in [5, 5.41) is 3.00. The number of carbonyl (C=O) groups is 1. The van der Waals surface area contributed by atoms with Gasteiger partial charge < -0.3 is 10.2 Å².